The number of carboxylic acid groups (broad SMARTS) is 1. The summed E-state index contributed by atoms with van der Waals surface area (Å²) in [6, 6.07) is 0. The normalized spacial score (nSPS) is 15.7. The van der Waals surface area contributed by atoms with Gasteiger partial charge >= 0.3 is 5.97 Å². The zero-order chi connectivity index (χ0) is 11.7. The second kappa shape index (κ2) is 4.53. The van der Waals surface area contributed by atoms with Crippen molar-refractivity contribution in [3.8, 4) is 0 Å². The minimum atomic E-state index is -0.748. The first-order chi connectivity index (χ1) is 7.56. The molecule has 1 N–H and O–H groups in total. The van der Waals surface area contributed by atoms with Gasteiger partial charge in [-0.15, -0.1) is 11.3 Å². The zero-order valence-electron chi connectivity index (χ0n) is 9.69. The van der Waals surface area contributed by atoms with Crippen molar-refractivity contribution < 1.29 is 9.90 Å². The average molecular weight is 239 g/mol. The van der Waals surface area contributed by atoms with Gasteiger partial charge in [0.05, 0.1) is 17.1 Å². The minimum absolute atomic E-state index is 0.140. The third kappa shape index (κ3) is 2.82. The van der Waals surface area contributed by atoms with Crippen LogP contribution in [-0.4, -0.2) is 16.1 Å². The van der Waals surface area contributed by atoms with Gasteiger partial charge in [-0.25, -0.2) is 4.98 Å². The predicted molar refractivity (Wildman–Crippen MR) is 64.0 cm³/mol. The van der Waals surface area contributed by atoms with Gasteiger partial charge in [0.1, 0.15) is 0 Å². The van der Waals surface area contributed by atoms with Crippen LogP contribution in [0.25, 0.3) is 0 Å². The Labute approximate surface area is 99.5 Å². The van der Waals surface area contributed by atoms with Gasteiger partial charge in [0.2, 0.25) is 0 Å². The topological polar surface area (TPSA) is 50.2 Å². The van der Waals surface area contributed by atoms with Crippen molar-refractivity contribution in [2.24, 2.45) is 5.92 Å². The molecule has 0 aliphatic heterocycles. The molecule has 0 radical (unpaired) electrons. The van der Waals surface area contributed by atoms with E-state index in [2.05, 4.69) is 18.8 Å². The van der Waals surface area contributed by atoms with Crippen LogP contribution in [0.15, 0.2) is 0 Å². The summed E-state index contributed by atoms with van der Waals surface area (Å²) < 4.78 is 0. The Morgan fingerprint density at radius 1 is 1.56 bits per heavy atom. The Morgan fingerprint density at radius 3 is 2.75 bits per heavy atom. The molecule has 2 rings (SSSR count). The lowest BCUT2D eigenvalue weighted by molar-refractivity contribution is -0.136. The molecule has 0 spiro atoms. The van der Waals surface area contributed by atoms with Crippen molar-refractivity contribution >= 4 is 17.3 Å². The van der Waals surface area contributed by atoms with Crippen LogP contribution in [-0.2, 0) is 17.6 Å². The second-order valence-corrected chi connectivity index (χ2v) is 6.03. The number of aliphatic carboxylic acids is 1. The van der Waals surface area contributed by atoms with Crippen molar-refractivity contribution in [1.82, 2.24) is 4.98 Å². The molecule has 1 heterocycles. The quantitative estimate of drug-likeness (QED) is 0.859. The van der Waals surface area contributed by atoms with Gasteiger partial charge in [-0.05, 0) is 18.8 Å². The number of carbonyl (C=O) groups is 1. The van der Waals surface area contributed by atoms with E-state index in [1.165, 1.54) is 12.8 Å². The molecule has 1 aromatic heterocycles. The zero-order valence-corrected chi connectivity index (χ0v) is 10.5. The summed E-state index contributed by atoms with van der Waals surface area (Å²) in [5.41, 5.74) is 1.07. The first-order valence-corrected chi connectivity index (χ1v) is 6.58. The van der Waals surface area contributed by atoms with Gasteiger partial charge in [-0.2, -0.15) is 0 Å². The van der Waals surface area contributed by atoms with Crippen molar-refractivity contribution in [3.63, 3.8) is 0 Å². The van der Waals surface area contributed by atoms with E-state index in [1.54, 1.807) is 11.3 Å². The fraction of sp³-hybridized carbons (Fsp3) is 0.667. The van der Waals surface area contributed by atoms with Crippen LogP contribution in [0.2, 0.25) is 0 Å². The molecule has 0 unspecified atom stereocenters. The molecule has 16 heavy (non-hydrogen) atoms. The molecule has 1 saturated carbocycles. The molecule has 0 bridgehead atoms. The molecule has 1 aliphatic carbocycles. The van der Waals surface area contributed by atoms with Crippen molar-refractivity contribution in [2.45, 2.75) is 45.4 Å². The summed E-state index contributed by atoms with van der Waals surface area (Å²) in [5.74, 6) is 0.379. The van der Waals surface area contributed by atoms with Gasteiger partial charge in [0.25, 0.3) is 0 Å². The van der Waals surface area contributed by atoms with Crippen molar-refractivity contribution in [2.75, 3.05) is 0 Å². The fourth-order valence-corrected chi connectivity index (χ4v) is 3.15. The third-order valence-corrected chi connectivity index (χ3v) is 3.72. The predicted octanol–water partition coefficient (Wildman–Crippen LogP) is 2.85. The number of aromatic nitrogens is 1. The number of nitrogens with zero attached hydrogens (tertiary/aromatic N) is 1. The highest BCUT2D eigenvalue weighted by atomic mass is 32.1. The first-order valence-electron chi connectivity index (χ1n) is 5.76. The molecule has 0 aromatic carbocycles. The summed E-state index contributed by atoms with van der Waals surface area (Å²) in [5, 5.41) is 9.97. The Morgan fingerprint density at radius 2 is 2.25 bits per heavy atom. The van der Waals surface area contributed by atoms with E-state index in [4.69, 9.17) is 5.11 Å². The molecule has 3 nitrogen and oxygen atoms in total. The maximum atomic E-state index is 10.8. The first kappa shape index (κ1) is 11.6. The van der Waals surface area contributed by atoms with Crippen molar-refractivity contribution in [3.05, 3.63) is 15.6 Å². The molecule has 0 atom stereocenters. The number of hydrogen-bond donors (Lipinski definition) is 1. The standard InChI is InChI=1S/C12H17NO2S/c1-7(2)5-10-13-12(8-3-4-8)9(16-10)6-11(14)15/h7-8H,3-6H2,1-2H3,(H,14,15). The Balaban J connectivity index is 2.19. The Bertz CT molecular complexity index is 394. The van der Waals surface area contributed by atoms with Gasteiger partial charge < -0.3 is 5.11 Å². The Hall–Kier alpha value is -0.900. The maximum absolute atomic E-state index is 10.8. The van der Waals surface area contributed by atoms with E-state index in [9.17, 15) is 4.79 Å². The molecule has 1 fully saturated rings. The lowest BCUT2D eigenvalue weighted by atomic mass is 10.1. The van der Waals surface area contributed by atoms with Crippen LogP contribution in [0.5, 0.6) is 0 Å². The van der Waals surface area contributed by atoms with Crippen LogP contribution in [0.3, 0.4) is 0 Å². The van der Waals surface area contributed by atoms with Gasteiger partial charge in [0, 0.05) is 17.2 Å². The lowest BCUT2D eigenvalue weighted by Gasteiger charge is -1.98. The second-order valence-electron chi connectivity index (χ2n) is 4.86. The van der Waals surface area contributed by atoms with Crippen LogP contribution in [0.4, 0.5) is 0 Å². The van der Waals surface area contributed by atoms with Gasteiger partial charge in [-0.3, -0.25) is 4.79 Å². The molecule has 1 aliphatic rings. The molecule has 4 heteroatoms. The molecule has 0 saturated heterocycles. The molecular formula is C12H17NO2S. The summed E-state index contributed by atoms with van der Waals surface area (Å²) in [4.78, 5) is 16.4. The van der Waals surface area contributed by atoms with E-state index >= 15 is 0 Å². The number of carboxylic acids is 1. The van der Waals surface area contributed by atoms with E-state index in [0.717, 1.165) is 22.0 Å². The molecule has 88 valence electrons. The Kier molecular flexibility index (Phi) is 3.28. The van der Waals surface area contributed by atoms with Gasteiger partial charge in [0.15, 0.2) is 0 Å². The van der Waals surface area contributed by atoms with Gasteiger partial charge in [-0.1, -0.05) is 13.8 Å². The largest absolute Gasteiger partial charge is 0.481 e. The highest BCUT2D eigenvalue weighted by Gasteiger charge is 2.30. The number of thiazole rings is 1. The number of rotatable bonds is 5. The lowest BCUT2D eigenvalue weighted by Crippen LogP contribution is -2.00. The van der Waals surface area contributed by atoms with E-state index in [0.29, 0.717) is 11.8 Å². The highest BCUT2D eigenvalue weighted by Crippen LogP contribution is 2.43. The van der Waals surface area contributed by atoms with E-state index in [1.807, 2.05) is 0 Å². The van der Waals surface area contributed by atoms with E-state index < -0.39 is 5.97 Å². The monoisotopic (exact) mass is 239 g/mol. The van der Waals surface area contributed by atoms with Crippen LogP contribution in [0.1, 0.15) is 48.2 Å². The SMILES string of the molecule is CC(C)Cc1nc(C2CC2)c(CC(=O)O)s1. The van der Waals surface area contributed by atoms with E-state index in [-0.39, 0.29) is 6.42 Å². The maximum Gasteiger partial charge on any atom is 0.308 e. The third-order valence-electron chi connectivity index (χ3n) is 2.63. The number of hydrogen-bond acceptors (Lipinski definition) is 3. The summed E-state index contributed by atoms with van der Waals surface area (Å²) in [6.07, 6.45) is 3.46. The van der Waals surface area contributed by atoms with Crippen LogP contribution in [0, 0.1) is 5.92 Å². The summed E-state index contributed by atoms with van der Waals surface area (Å²) >= 11 is 1.59. The minimum Gasteiger partial charge on any atom is -0.481 e. The highest BCUT2D eigenvalue weighted by molar-refractivity contribution is 7.11. The smallest absolute Gasteiger partial charge is 0.308 e. The molecule has 0 amide bonds. The fourth-order valence-electron chi connectivity index (χ4n) is 1.79. The molecule has 1 aromatic rings. The van der Waals surface area contributed by atoms with Crippen LogP contribution >= 0.6 is 11.3 Å². The van der Waals surface area contributed by atoms with Crippen LogP contribution < -0.4 is 0 Å². The summed E-state index contributed by atoms with van der Waals surface area (Å²) in [6.45, 7) is 4.32. The average Bonchev–Trinajstić information content (AvgIpc) is 2.90. The van der Waals surface area contributed by atoms with Crippen molar-refractivity contribution in [1.29, 1.82) is 0 Å². The molecular weight excluding hydrogens is 222 g/mol. The summed E-state index contributed by atoms with van der Waals surface area (Å²) in [7, 11) is 0.